The summed E-state index contributed by atoms with van der Waals surface area (Å²) in [5.74, 6) is 0. The van der Waals surface area contributed by atoms with Crippen molar-refractivity contribution in [3.63, 3.8) is 0 Å². The van der Waals surface area contributed by atoms with Crippen LogP contribution in [0.1, 0.15) is 25.7 Å². The van der Waals surface area contributed by atoms with E-state index in [1.165, 1.54) is 25.7 Å². The Bertz CT molecular complexity index is 26.5. The predicted molar refractivity (Wildman–Crippen MR) is 27.1 cm³/mol. The van der Waals surface area contributed by atoms with Crippen LogP contribution in [-0.2, 0) is 17.1 Å². The minimum atomic E-state index is 0. The second kappa shape index (κ2) is 12.4. The molecule has 1 radical (unpaired) electrons. The molecule has 2 aliphatic carbocycles. The Morgan fingerprint density at radius 2 is 0.778 bits per heavy atom. The van der Waals surface area contributed by atoms with Crippen LogP contribution in [0.15, 0.2) is 0 Å². The monoisotopic (exact) mass is 159 g/mol. The molecule has 0 spiro atoms. The van der Waals surface area contributed by atoms with E-state index in [0.29, 0.717) is 0 Å². The number of rotatable bonds is 0. The topological polar surface area (TPSA) is 0 Å². The first-order valence-electron chi connectivity index (χ1n) is 2.63. The molecule has 0 unspecified atom stereocenters. The summed E-state index contributed by atoms with van der Waals surface area (Å²) in [6.45, 7) is 0. The fraction of sp³-hybridized carbons (Fsp3) is 0.667. The van der Waals surface area contributed by atoms with Crippen LogP contribution in [0.25, 0.3) is 0 Å². The van der Waals surface area contributed by atoms with Crippen molar-refractivity contribution in [2.24, 2.45) is 0 Å². The second-order valence-corrected chi connectivity index (χ2v) is 1.73. The minimum absolute atomic E-state index is 0. The third kappa shape index (κ3) is 41.9. The van der Waals surface area contributed by atoms with Crippen molar-refractivity contribution in [2.75, 3.05) is 0 Å². The first kappa shape index (κ1) is 17.0. The van der Waals surface area contributed by atoms with Crippen molar-refractivity contribution in [3.05, 3.63) is 12.8 Å². The molecule has 0 N–H and O–H groups in total. The van der Waals surface area contributed by atoms with Gasteiger partial charge in [-0.05, 0) is 0 Å². The standard InChI is InChI=1S/2C3H5.Cu.2Li/c2*1-2-3-1;;;/h2*1H,2-3H2;;;/q2*-1;;2*+1. The fourth-order valence-corrected chi connectivity index (χ4v) is 0. The van der Waals surface area contributed by atoms with E-state index in [1.807, 2.05) is 0 Å². The normalized spacial score (nSPS) is 16.0. The molecule has 9 heavy (non-hydrogen) atoms. The maximum Gasteiger partial charge on any atom is 1.00 e. The summed E-state index contributed by atoms with van der Waals surface area (Å²) >= 11 is 0. The van der Waals surface area contributed by atoms with Gasteiger partial charge in [0.15, 0.2) is 0 Å². The second-order valence-electron chi connectivity index (χ2n) is 1.73. The summed E-state index contributed by atoms with van der Waals surface area (Å²) in [7, 11) is 0. The summed E-state index contributed by atoms with van der Waals surface area (Å²) in [6.07, 6.45) is 10.0. The average molecular weight is 160 g/mol. The minimum Gasteiger partial charge on any atom is -0.333 e. The van der Waals surface area contributed by atoms with Gasteiger partial charge in [0.2, 0.25) is 0 Å². The van der Waals surface area contributed by atoms with Crippen molar-refractivity contribution in [2.45, 2.75) is 25.7 Å². The Hall–Kier alpha value is 1.71. The molecule has 0 atom stereocenters. The molecule has 0 saturated heterocycles. The fourth-order valence-electron chi connectivity index (χ4n) is 0. The van der Waals surface area contributed by atoms with Gasteiger partial charge in [-0.15, -0.1) is 0 Å². The first-order chi connectivity index (χ1) is 3.00. The van der Waals surface area contributed by atoms with Crippen molar-refractivity contribution in [3.8, 4) is 0 Å². The van der Waals surface area contributed by atoms with Gasteiger partial charge in [0.25, 0.3) is 0 Å². The van der Waals surface area contributed by atoms with Crippen molar-refractivity contribution < 1.29 is 54.8 Å². The van der Waals surface area contributed by atoms with Gasteiger partial charge in [-0.1, -0.05) is 0 Å². The molecule has 2 fully saturated rings. The third-order valence-corrected chi connectivity index (χ3v) is 0.577. The van der Waals surface area contributed by atoms with E-state index in [4.69, 9.17) is 0 Å². The summed E-state index contributed by atoms with van der Waals surface area (Å²) in [4.78, 5) is 0. The van der Waals surface area contributed by atoms with Crippen LogP contribution in [-0.4, -0.2) is 0 Å². The van der Waals surface area contributed by atoms with Gasteiger partial charge in [0.05, 0.1) is 0 Å². The molecule has 0 nitrogen and oxygen atoms in total. The largest absolute Gasteiger partial charge is 1.00 e. The van der Waals surface area contributed by atoms with Crippen LogP contribution in [0.4, 0.5) is 0 Å². The molecular formula is C6H10CuLi2. The molecule has 0 aliphatic heterocycles. The average Bonchev–Trinajstić information content (AvgIpc) is 2.31. The van der Waals surface area contributed by atoms with Crippen LogP contribution in [0.2, 0.25) is 0 Å². The van der Waals surface area contributed by atoms with Gasteiger partial charge in [0, 0.05) is 17.1 Å². The van der Waals surface area contributed by atoms with Crippen LogP contribution >= 0.6 is 0 Å². The first-order valence-corrected chi connectivity index (χ1v) is 2.63. The summed E-state index contributed by atoms with van der Waals surface area (Å²) in [6, 6.07) is 0. The van der Waals surface area contributed by atoms with Crippen LogP contribution in [0.3, 0.4) is 0 Å². The maximum absolute atomic E-state index is 2.25. The van der Waals surface area contributed by atoms with Gasteiger partial charge in [-0.3, -0.25) is 0 Å². The maximum atomic E-state index is 2.25. The number of hydrogen-bond acceptors (Lipinski definition) is 0. The quantitative estimate of drug-likeness (QED) is 0.250. The molecule has 3 heteroatoms. The smallest absolute Gasteiger partial charge is 0.333 e. The van der Waals surface area contributed by atoms with Crippen LogP contribution < -0.4 is 37.7 Å². The van der Waals surface area contributed by atoms with Gasteiger partial charge in [-0.25, -0.2) is 25.7 Å². The van der Waals surface area contributed by atoms with Crippen molar-refractivity contribution in [1.82, 2.24) is 0 Å². The van der Waals surface area contributed by atoms with Crippen molar-refractivity contribution in [1.29, 1.82) is 0 Å². The van der Waals surface area contributed by atoms with Gasteiger partial charge in [-0.2, -0.15) is 0 Å². The van der Waals surface area contributed by atoms with E-state index in [-0.39, 0.29) is 54.8 Å². The molecule has 0 amide bonds. The van der Waals surface area contributed by atoms with Gasteiger partial charge >= 0.3 is 37.7 Å². The molecule has 0 bridgehead atoms. The van der Waals surface area contributed by atoms with E-state index in [2.05, 4.69) is 12.8 Å². The molecule has 2 saturated carbocycles. The molecule has 2 aliphatic rings. The van der Waals surface area contributed by atoms with E-state index in [9.17, 15) is 0 Å². The Kier molecular flexibility index (Phi) is 23.4. The molecule has 0 aromatic rings. The zero-order valence-corrected chi connectivity index (χ0v) is 7.23. The Balaban J connectivity index is -0.0000000600. The van der Waals surface area contributed by atoms with E-state index >= 15 is 0 Å². The molecule has 47 valence electrons. The number of hydrogen-bond donors (Lipinski definition) is 0. The SMILES string of the molecule is [CH-]1CC1.[CH-]1CC1.[Cu].[Li+].[Li+]. The Labute approximate surface area is 92.7 Å². The predicted octanol–water partition coefficient (Wildman–Crippen LogP) is -4.03. The van der Waals surface area contributed by atoms with E-state index < -0.39 is 0 Å². The molecule has 0 aromatic heterocycles. The van der Waals surface area contributed by atoms with Gasteiger partial charge < -0.3 is 12.8 Å². The van der Waals surface area contributed by atoms with Crippen molar-refractivity contribution >= 4 is 0 Å². The molecule has 0 heterocycles. The zero-order chi connectivity index (χ0) is 4.24. The molecule has 2 rings (SSSR count). The molecule has 0 aromatic carbocycles. The third-order valence-electron chi connectivity index (χ3n) is 0.577. The summed E-state index contributed by atoms with van der Waals surface area (Å²) in [5, 5.41) is 0. The van der Waals surface area contributed by atoms with Gasteiger partial charge in [0.1, 0.15) is 0 Å². The Morgan fingerprint density at radius 3 is 0.778 bits per heavy atom. The van der Waals surface area contributed by atoms with E-state index in [1.54, 1.807) is 0 Å². The van der Waals surface area contributed by atoms with E-state index in [0.717, 1.165) is 0 Å². The van der Waals surface area contributed by atoms with Crippen LogP contribution in [0.5, 0.6) is 0 Å². The zero-order valence-electron chi connectivity index (χ0n) is 6.28. The van der Waals surface area contributed by atoms with Crippen LogP contribution in [0, 0.1) is 12.8 Å². The Morgan fingerprint density at radius 1 is 0.667 bits per heavy atom. The summed E-state index contributed by atoms with van der Waals surface area (Å²) in [5.41, 5.74) is 0. The molecular weight excluding hydrogens is 149 g/mol. The summed E-state index contributed by atoms with van der Waals surface area (Å²) < 4.78 is 0.